The molecule has 0 aliphatic rings. The maximum absolute atomic E-state index is 12.5. The maximum Gasteiger partial charge on any atom is 0.310 e. The molecule has 0 aromatic heterocycles. The fourth-order valence-electron chi connectivity index (χ4n) is 2.11. The Balaban J connectivity index is 4.79. The second kappa shape index (κ2) is 9.75. The van der Waals surface area contributed by atoms with Crippen LogP contribution in [0.15, 0.2) is 0 Å². The minimum Gasteiger partial charge on any atom is -0.469 e. The van der Waals surface area contributed by atoms with Crippen molar-refractivity contribution < 1.29 is 14.3 Å². The number of nitrogens with zero attached hydrogens (tertiary/aromatic N) is 2. The Hall–Kier alpha value is -1.10. The third-order valence-corrected chi connectivity index (χ3v) is 3.56. The van der Waals surface area contributed by atoms with Crippen LogP contribution in [0.25, 0.3) is 0 Å². The molecule has 5 nitrogen and oxygen atoms in total. The lowest BCUT2D eigenvalue weighted by Crippen LogP contribution is -2.43. The van der Waals surface area contributed by atoms with Crippen molar-refractivity contribution in [1.29, 1.82) is 0 Å². The Kier molecular flexibility index (Phi) is 9.21. The predicted octanol–water partition coefficient (Wildman–Crippen LogP) is 1.62. The van der Waals surface area contributed by atoms with E-state index >= 15 is 0 Å². The molecule has 0 bridgehead atoms. The molecule has 1 unspecified atom stereocenters. The van der Waals surface area contributed by atoms with Crippen molar-refractivity contribution in [3.63, 3.8) is 0 Å². The Morgan fingerprint density at radius 2 is 1.65 bits per heavy atom. The van der Waals surface area contributed by atoms with Gasteiger partial charge in [0.05, 0.1) is 13.0 Å². The van der Waals surface area contributed by atoms with Crippen LogP contribution in [0.3, 0.4) is 0 Å². The minimum absolute atomic E-state index is 0.0435. The highest BCUT2D eigenvalue weighted by Crippen LogP contribution is 2.14. The second-order valence-corrected chi connectivity index (χ2v) is 5.53. The molecule has 0 aromatic rings. The van der Waals surface area contributed by atoms with E-state index in [1.807, 2.05) is 32.8 Å². The number of rotatable bonds is 9. The molecule has 0 radical (unpaired) electrons. The van der Waals surface area contributed by atoms with E-state index in [2.05, 4.69) is 0 Å². The standard InChI is InChI=1S/C15H30N2O3/c1-7-13(8-2)14(18)17(10-9-16(4)5)11-12(3)15(19)20-6/h12-13H,7-11H2,1-6H3. The number of methoxy groups -OCH3 is 1. The van der Waals surface area contributed by atoms with Crippen LogP contribution in [0.4, 0.5) is 0 Å². The molecule has 1 amide bonds. The van der Waals surface area contributed by atoms with Crippen molar-refractivity contribution in [2.45, 2.75) is 33.6 Å². The van der Waals surface area contributed by atoms with Gasteiger partial charge in [-0.2, -0.15) is 0 Å². The third-order valence-electron chi connectivity index (χ3n) is 3.56. The van der Waals surface area contributed by atoms with Crippen LogP contribution in [0.1, 0.15) is 33.6 Å². The summed E-state index contributed by atoms with van der Waals surface area (Å²) in [4.78, 5) is 27.9. The van der Waals surface area contributed by atoms with Crippen LogP contribution in [0.2, 0.25) is 0 Å². The van der Waals surface area contributed by atoms with Crippen molar-refractivity contribution in [1.82, 2.24) is 9.80 Å². The van der Waals surface area contributed by atoms with Crippen LogP contribution < -0.4 is 0 Å². The first kappa shape index (κ1) is 18.9. The molecule has 118 valence electrons. The van der Waals surface area contributed by atoms with E-state index in [1.165, 1.54) is 7.11 Å². The molecular formula is C15H30N2O3. The lowest BCUT2D eigenvalue weighted by atomic mass is 10.0. The van der Waals surface area contributed by atoms with Gasteiger partial charge in [0.15, 0.2) is 0 Å². The van der Waals surface area contributed by atoms with Crippen molar-refractivity contribution in [2.75, 3.05) is 40.8 Å². The molecule has 20 heavy (non-hydrogen) atoms. The summed E-state index contributed by atoms with van der Waals surface area (Å²) in [6.45, 7) is 7.72. The lowest BCUT2D eigenvalue weighted by Gasteiger charge is -2.29. The molecule has 0 saturated carbocycles. The average Bonchev–Trinajstić information content (AvgIpc) is 2.42. The van der Waals surface area contributed by atoms with Gasteiger partial charge in [0.25, 0.3) is 0 Å². The SMILES string of the molecule is CCC(CC)C(=O)N(CCN(C)C)CC(C)C(=O)OC. The lowest BCUT2D eigenvalue weighted by molar-refractivity contribution is -0.147. The van der Waals surface area contributed by atoms with Gasteiger partial charge in [-0.25, -0.2) is 0 Å². The smallest absolute Gasteiger partial charge is 0.310 e. The van der Waals surface area contributed by atoms with E-state index in [0.29, 0.717) is 13.1 Å². The Labute approximate surface area is 123 Å². The Morgan fingerprint density at radius 3 is 2.05 bits per heavy atom. The van der Waals surface area contributed by atoms with Crippen molar-refractivity contribution in [3.05, 3.63) is 0 Å². The number of likely N-dealkylation sites (N-methyl/N-ethyl adjacent to an activating group) is 1. The highest BCUT2D eigenvalue weighted by Gasteiger charge is 2.25. The number of ether oxygens (including phenoxy) is 1. The molecule has 5 heteroatoms. The van der Waals surface area contributed by atoms with Gasteiger partial charge in [0.2, 0.25) is 5.91 Å². The highest BCUT2D eigenvalue weighted by atomic mass is 16.5. The normalized spacial score (nSPS) is 12.6. The third kappa shape index (κ3) is 6.37. The molecule has 0 aliphatic heterocycles. The topological polar surface area (TPSA) is 49.9 Å². The largest absolute Gasteiger partial charge is 0.469 e. The summed E-state index contributed by atoms with van der Waals surface area (Å²) >= 11 is 0. The number of carbonyl (C=O) groups is 2. The first-order valence-electron chi connectivity index (χ1n) is 7.38. The van der Waals surface area contributed by atoms with Gasteiger partial charge in [0, 0.05) is 25.6 Å². The van der Waals surface area contributed by atoms with E-state index in [4.69, 9.17) is 4.74 Å². The molecule has 0 spiro atoms. The maximum atomic E-state index is 12.5. The fraction of sp³-hybridized carbons (Fsp3) is 0.867. The quantitative estimate of drug-likeness (QED) is 0.604. The van der Waals surface area contributed by atoms with Crippen molar-refractivity contribution >= 4 is 11.9 Å². The fourth-order valence-corrected chi connectivity index (χ4v) is 2.11. The van der Waals surface area contributed by atoms with Gasteiger partial charge in [-0.15, -0.1) is 0 Å². The van der Waals surface area contributed by atoms with E-state index in [9.17, 15) is 9.59 Å². The molecular weight excluding hydrogens is 256 g/mol. The zero-order chi connectivity index (χ0) is 15.7. The van der Waals surface area contributed by atoms with Crippen LogP contribution in [0, 0.1) is 11.8 Å². The van der Waals surface area contributed by atoms with E-state index < -0.39 is 0 Å². The van der Waals surface area contributed by atoms with Crippen molar-refractivity contribution in [3.8, 4) is 0 Å². The zero-order valence-electron chi connectivity index (χ0n) is 13.8. The Bertz CT molecular complexity index is 301. The predicted molar refractivity (Wildman–Crippen MR) is 80.4 cm³/mol. The van der Waals surface area contributed by atoms with Crippen LogP contribution in [-0.2, 0) is 14.3 Å². The van der Waals surface area contributed by atoms with Gasteiger partial charge < -0.3 is 14.5 Å². The van der Waals surface area contributed by atoms with Crippen LogP contribution >= 0.6 is 0 Å². The molecule has 1 atom stereocenters. The van der Waals surface area contributed by atoms with Crippen LogP contribution in [-0.4, -0.2) is 62.5 Å². The number of amides is 1. The first-order chi connectivity index (χ1) is 9.37. The molecule has 0 N–H and O–H groups in total. The van der Waals surface area contributed by atoms with Crippen molar-refractivity contribution in [2.24, 2.45) is 11.8 Å². The summed E-state index contributed by atoms with van der Waals surface area (Å²) in [6, 6.07) is 0. The molecule has 0 rings (SSSR count). The number of hydrogen-bond acceptors (Lipinski definition) is 4. The first-order valence-corrected chi connectivity index (χ1v) is 7.38. The van der Waals surface area contributed by atoms with E-state index in [0.717, 1.165) is 19.4 Å². The zero-order valence-corrected chi connectivity index (χ0v) is 13.8. The van der Waals surface area contributed by atoms with Crippen LogP contribution in [0.5, 0.6) is 0 Å². The number of hydrogen-bond donors (Lipinski definition) is 0. The summed E-state index contributed by atoms with van der Waals surface area (Å²) in [5.74, 6) is -0.368. The summed E-state index contributed by atoms with van der Waals surface area (Å²) < 4.78 is 4.74. The second-order valence-electron chi connectivity index (χ2n) is 5.53. The molecule has 0 fully saturated rings. The van der Waals surface area contributed by atoms with Gasteiger partial charge in [-0.3, -0.25) is 9.59 Å². The van der Waals surface area contributed by atoms with E-state index in [-0.39, 0.29) is 23.7 Å². The summed E-state index contributed by atoms with van der Waals surface area (Å²) in [5, 5.41) is 0. The number of carbonyl (C=O) groups excluding carboxylic acids is 2. The molecule has 0 heterocycles. The summed E-state index contributed by atoms with van der Waals surface area (Å²) in [5.41, 5.74) is 0. The molecule has 0 saturated heterocycles. The van der Waals surface area contributed by atoms with Gasteiger partial charge in [-0.1, -0.05) is 20.8 Å². The monoisotopic (exact) mass is 286 g/mol. The number of esters is 1. The Morgan fingerprint density at radius 1 is 1.10 bits per heavy atom. The van der Waals surface area contributed by atoms with E-state index in [1.54, 1.807) is 11.8 Å². The van der Waals surface area contributed by atoms with Gasteiger partial charge in [-0.05, 0) is 26.9 Å². The van der Waals surface area contributed by atoms with Gasteiger partial charge in [0.1, 0.15) is 0 Å². The van der Waals surface area contributed by atoms with Gasteiger partial charge >= 0.3 is 5.97 Å². The molecule has 0 aliphatic carbocycles. The minimum atomic E-state index is -0.291. The molecule has 0 aromatic carbocycles. The summed E-state index contributed by atoms with van der Waals surface area (Å²) in [6.07, 6.45) is 1.67. The highest BCUT2D eigenvalue weighted by molar-refractivity contribution is 5.80. The summed E-state index contributed by atoms with van der Waals surface area (Å²) in [7, 11) is 5.33. The average molecular weight is 286 g/mol.